The number of aliphatic carboxylic acids is 1. The number of rotatable bonds is 21. The maximum atomic E-state index is 10.3. The minimum Gasteiger partial charge on any atom is -2.00 e. The Hall–Kier alpha value is -1.59. The van der Waals surface area contributed by atoms with Gasteiger partial charge in [0.15, 0.2) is 0 Å². The first-order chi connectivity index (χ1) is 19.2. The molecule has 0 spiro atoms. The van der Waals surface area contributed by atoms with Crippen molar-refractivity contribution in [2.45, 2.75) is 149 Å². The summed E-state index contributed by atoms with van der Waals surface area (Å²) < 4.78 is 0. The molecule has 0 aliphatic carbocycles. The summed E-state index contributed by atoms with van der Waals surface area (Å²) in [6.07, 6.45) is 20.2. The van der Waals surface area contributed by atoms with Crippen molar-refractivity contribution >= 4 is 5.97 Å². The molecule has 0 radical (unpaired) electrons. The topological polar surface area (TPSA) is 84.3 Å². The number of unbranched alkanes of at least 4 members (excludes halogenated alkanes) is 14. The average Bonchev–Trinajstić information content (AvgIpc) is 2.95. The molecule has 5 nitrogen and oxygen atoms in total. The van der Waals surface area contributed by atoms with Crippen LogP contribution in [0.3, 0.4) is 0 Å². The molecule has 6 heteroatoms. The standard InChI is InChI=1S/C18H22O2.C18H36O2.O.Zn/c1-17(2,15-11-7-5-8-12-15)19-20-18(3,4)16-13-9-6-10-14-16;1-2-3-4-5-6-7-8-9-10-11-12-13-14-15-16-17-18(19)20;;/h5-14H,1-4H3;2-17H2,1H3,(H,19,20);;/q;;-2;+2. The van der Waals surface area contributed by atoms with Crippen LogP contribution in [0.1, 0.15) is 148 Å². The molecule has 0 aromatic heterocycles. The van der Waals surface area contributed by atoms with Gasteiger partial charge < -0.3 is 10.6 Å². The second-order valence-electron chi connectivity index (χ2n) is 12.0. The maximum absolute atomic E-state index is 10.3. The average molecular weight is 636 g/mol. The molecule has 0 saturated carbocycles. The molecule has 0 aliphatic heterocycles. The van der Waals surface area contributed by atoms with Crippen LogP contribution < -0.4 is 0 Å². The molecule has 234 valence electrons. The fourth-order valence-corrected chi connectivity index (χ4v) is 4.63. The van der Waals surface area contributed by atoms with Crippen molar-refractivity contribution < 1.29 is 44.6 Å². The minimum atomic E-state index is -0.653. The summed E-state index contributed by atoms with van der Waals surface area (Å²) in [7, 11) is 0. The Bertz CT molecular complexity index is 819. The Labute approximate surface area is 270 Å². The van der Waals surface area contributed by atoms with Crippen molar-refractivity contribution in [1.82, 2.24) is 0 Å². The van der Waals surface area contributed by atoms with Crippen molar-refractivity contribution in [3.63, 3.8) is 0 Å². The summed E-state index contributed by atoms with van der Waals surface area (Å²) >= 11 is 0. The van der Waals surface area contributed by atoms with Crippen LogP contribution in [-0.4, -0.2) is 11.1 Å². The zero-order chi connectivity index (χ0) is 29.5. The third-order valence-electron chi connectivity index (χ3n) is 7.39. The van der Waals surface area contributed by atoms with Gasteiger partial charge in [0.25, 0.3) is 0 Å². The van der Waals surface area contributed by atoms with Gasteiger partial charge in [-0.15, -0.1) is 0 Å². The van der Waals surface area contributed by atoms with Crippen molar-refractivity contribution in [3.8, 4) is 0 Å². The van der Waals surface area contributed by atoms with Gasteiger partial charge in [0, 0.05) is 6.42 Å². The summed E-state index contributed by atoms with van der Waals surface area (Å²) in [5.74, 6) is -0.653. The first-order valence-electron chi connectivity index (χ1n) is 15.9. The molecule has 1 N–H and O–H groups in total. The van der Waals surface area contributed by atoms with E-state index in [0.29, 0.717) is 6.42 Å². The molecule has 2 aromatic carbocycles. The maximum Gasteiger partial charge on any atom is 2.00 e. The van der Waals surface area contributed by atoms with Gasteiger partial charge in [-0.25, -0.2) is 9.78 Å². The molecule has 0 fully saturated rings. The Kier molecular flexibility index (Phi) is 26.2. The molecule has 0 unspecified atom stereocenters. The van der Waals surface area contributed by atoms with E-state index in [9.17, 15) is 4.79 Å². The third-order valence-corrected chi connectivity index (χ3v) is 7.39. The van der Waals surface area contributed by atoms with Crippen LogP contribution in [0.25, 0.3) is 0 Å². The van der Waals surface area contributed by atoms with Gasteiger partial charge in [-0.2, -0.15) is 0 Å². The van der Waals surface area contributed by atoms with E-state index in [1.54, 1.807) is 0 Å². The molecule has 0 amide bonds. The second kappa shape index (κ2) is 25.9. The molecular formula is C36H58O5Zn. The van der Waals surface area contributed by atoms with E-state index >= 15 is 0 Å². The van der Waals surface area contributed by atoms with Crippen LogP contribution in [0.4, 0.5) is 0 Å². The summed E-state index contributed by atoms with van der Waals surface area (Å²) in [6, 6.07) is 20.2. The van der Waals surface area contributed by atoms with Gasteiger partial charge >= 0.3 is 25.4 Å². The molecule has 42 heavy (non-hydrogen) atoms. The van der Waals surface area contributed by atoms with Gasteiger partial charge in [-0.05, 0) is 45.2 Å². The molecule has 0 heterocycles. The first kappa shape index (κ1) is 42.5. The predicted octanol–water partition coefficient (Wildman–Crippen LogP) is 11.0. The normalized spacial score (nSPS) is 11.1. The van der Waals surface area contributed by atoms with Crippen LogP contribution in [0.2, 0.25) is 0 Å². The summed E-state index contributed by atoms with van der Waals surface area (Å²) in [6.45, 7) is 10.3. The largest absolute Gasteiger partial charge is 2.00 e. The van der Waals surface area contributed by atoms with E-state index < -0.39 is 17.2 Å². The molecular weight excluding hydrogens is 578 g/mol. The monoisotopic (exact) mass is 634 g/mol. The SMILES string of the molecule is CC(C)(OOC(C)(C)c1ccccc1)c1ccccc1.CCCCCCCCCCCCCCCCCC(=O)O.[O-2].[Zn+2]. The van der Waals surface area contributed by atoms with Gasteiger partial charge in [0.1, 0.15) is 11.2 Å². The summed E-state index contributed by atoms with van der Waals surface area (Å²) in [5.41, 5.74) is 1.19. The molecule has 0 aliphatic rings. The first-order valence-corrected chi connectivity index (χ1v) is 15.9. The zero-order valence-electron chi connectivity index (χ0n) is 27.4. The van der Waals surface area contributed by atoms with E-state index in [0.717, 1.165) is 24.0 Å². The number of carboxylic acids is 1. The Morgan fingerprint density at radius 1 is 0.571 bits per heavy atom. The minimum absolute atomic E-state index is 0. The van der Waals surface area contributed by atoms with Crippen LogP contribution in [0.15, 0.2) is 60.7 Å². The summed E-state index contributed by atoms with van der Waals surface area (Å²) in [5, 5.41) is 8.52. The van der Waals surface area contributed by atoms with Crippen molar-refractivity contribution in [3.05, 3.63) is 71.8 Å². The van der Waals surface area contributed by atoms with Crippen LogP contribution in [-0.2, 0) is 50.7 Å². The van der Waals surface area contributed by atoms with Gasteiger partial charge in [-0.3, -0.25) is 4.79 Å². The van der Waals surface area contributed by atoms with Gasteiger partial charge in [-0.1, -0.05) is 157 Å². The van der Waals surface area contributed by atoms with Crippen molar-refractivity contribution in [2.24, 2.45) is 0 Å². The van der Waals surface area contributed by atoms with Crippen LogP contribution >= 0.6 is 0 Å². The molecule has 2 aromatic rings. The number of carbonyl (C=O) groups is 1. The van der Waals surface area contributed by atoms with Gasteiger partial charge in [0.2, 0.25) is 0 Å². The zero-order valence-corrected chi connectivity index (χ0v) is 30.3. The number of carboxylic acid groups (broad SMARTS) is 1. The second-order valence-corrected chi connectivity index (χ2v) is 12.0. The van der Waals surface area contributed by atoms with Crippen molar-refractivity contribution in [1.29, 1.82) is 0 Å². The Morgan fingerprint density at radius 3 is 1.14 bits per heavy atom. The van der Waals surface area contributed by atoms with E-state index in [-0.39, 0.29) is 25.0 Å². The van der Waals surface area contributed by atoms with E-state index in [1.807, 2.05) is 88.4 Å². The smallest absolute Gasteiger partial charge is 2.00 e. The van der Waals surface area contributed by atoms with Crippen molar-refractivity contribution in [2.75, 3.05) is 0 Å². The van der Waals surface area contributed by atoms with E-state index in [4.69, 9.17) is 14.9 Å². The molecule has 0 saturated heterocycles. The van der Waals surface area contributed by atoms with Gasteiger partial charge in [0.05, 0.1) is 0 Å². The molecule has 0 bridgehead atoms. The third kappa shape index (κ3) is 21.2. The fourth-order valence-electron chi connectivity index (χ4n) is 4.63. The molecule has 0 atom stereocenters. The number of hydrogen-bond donors (Lipinski definition) is 1. The van der Waals surface area contributed by atoms with E-state index in [1.165, 1.54) is 83.5 Å². The number of hydrogen-bond acceptors (Lipinski definition) is 3. The summed E-state index contributed by atoms with van der Waals surface area (Å²) in [4.78, 5) is 21.8. The molecule has 2 rings (SSSR count). The van der Waals surface area contributed by atoms with E-state index in [2.05, 4.69) is 6.92 Å². The Balaban J connectivity index is 0. The van der Waals surface area contributed by atoms with Crippen LogP contribution in [0, 0.1) is 0 Å². The van der Waals surface area contributed by atoms with Crippen LogP contribution in [0.5, 0.6) is 0 Å². The Morgan fingerprint density at radius 2 is 0.857 bits per heavy atom. The predicted molar refractivity (Wildman–Crippen MR) is 169 cm³/mol. The number of benzene rings is 2. The quantitative estimate of drug-likeness (QED) is 0.0640. The fraction of sp³-hybridized carbons (Fsp3) is 0.639.